The molecule has 0 spiro atoms. The molecule has 0 saturated carbocycles. The minimum absolute atomic E-state index is 0.154. The second kappa shape index (κ2) is 5.05. The predicted octanol–water partition coefficient (Wildman–Crippen LogP) is 3.65. The first-order valence-electron chi connectivity index (χ1n) is 4.07. The average Bonchev–Trinajstić information content (AvgIpc) is 2.19. The van der Waals surface area contributed by atoms with E-state index in [1.54, 1.807) is 0 Å². The second-order valence-electron chi connectivity index (χ2n) is 2.87. The standard InChI is InChI=1S/C9H6BrClF3NO/c10-6-3-5(9(12,13)14)1-2-7(6)15-8(16)4-11/h1-3H,4H2,(H,15,16). The van der Waals surface area contributed by atoms with Gasteiger partial charge in [-0.3, -0.25) is 4.79 Å². The lowest BCUT2D eigenvalue weighted by Gasteiger charge is -2.10. The molecule has 0 aliphatic rings. The lowest BCUT2D eigenvalue weighted by molar-refractivity contribution is -0.137. The van der Waals surface area contributed by atoms with Gasteiger partial charge in [-0.1, -0.05) is 0 Å². The van der Waals surface area contributed by atoms with Gasteiger partial charge >= 0.3 is 6.18 Å². The maximum absolute atomic E-state index is 12.3. The van der Waals surface area contributed by atoms with Crippen LogP contribution in [-0.4, -0.2) is 11.8 Å². The van der Waals surface area contributed by atoms with Gasteiger partial charge in [0.2, 0.25) is 5.91 Å². The average molecular weight is 317 g/mol. The highest BCUT2D eigenvalue weighted by molar-refractivity contribution is 9.10. The van der Waals surface area contributed by atoms with E-state index in [2.05, 4.69) is 21.2 Å². The van der Waals surface area contributed by atoms with Gasteiger partial charge in [-0.25, -0.2) is 0 Å². The second-order valence-corrected chi connectivity index (χ2v) is 4.00. The van der Waals surface area contributed by atoms with E-state index >= 15 is 0 Å². The summed E-state index contributed by atoms with van der Waals surface area (Å²) < 4.78 is 37.1. The van der Waals surface area contributed by atoms with Crippen LogP contribution in [0.25, 0.3) is 0 Å². The molecule has 0 aliphatic heterocycles. The molecule has 0 unspecified atom stereocenters. The number of anilines is 1. The Kier molecular flexibility index (Phi) is 4.21. The Labute approximate surface area is 103 Å². The molecule has 1 rings (SSSR count). The number of alkyl halides is 4. The van der Waals surface area contributed by atoms with Crippen molar-refractivity contribution in [1.82, 2.24) is 0 Å². The summed E-state index contributed by atoms with van der Waals surface area (Å²) in [4.78, 5) is 10.9. The summed E-state index contributed by atoms with van der Waals surface area (Å²) in [5, 5.41) is 2.35. The molecule has 2 nitrogen and oxygen atoms in total. The molecule has 88 valence electrons. The van der Waals surface area contributed by atoms with Crippen LogP contribution in [0.3, 0.4) is 0 Å². The smallest absolute Gasteiger partial charge is 0.324 e. The number of halogens is 5. The first kappa shape index (κ1) is 13.3. The first-order chi connectivity index (χ1) is 7.34. The minimum atomic E-state index is -4.41. The molecular formula is C9H6BrClF3NO. The maximum atomic E-state index is 12.3. The number of carbonyl (C=O) groups excluding carboxylic acids is 1. The van der Waals surface area contributed by atoms with Gasteiger partial charge in [-0.05, 0) is 34.1 Å². The van der Waals surface area contributed by atoms with Crippen molar-refractivity contribution >= 4 is 39.1 Å². The van der Waals surface area contributed by atoms with E-state index in [4.69, 9.17) is 11.6 Å². The highest BCUT2D eigenvalue weighted by atomic mass is 79.9. The van der Waals surface area contributed by atoms with Crippen LogP contribution in [0.15, 0.2) is 22.7 Å². The number of hydrogen-bond acceptors (Lipinski definition) is 1. The molecule has 0 bridgehead atoms. The van der Waals surface area contributed by atoms with Crippen molar-refractivity contribution in [3.05, 3.63) is 28.2 Å². The highest BCUT2D eigenvalue weighted by Crippen LogP contribution is 2.33. The van der Waals surface area contributed by atoms with E-state index < -0.39 is 17.6 Å². The largest absolute Gasteiger partial charge is 0.416 e. The number of hydrogen-bond donors (Lipinski definition) is 1. The molecule has 0 aliphatic carbocycles. The molecule has 0 atom stereocenters. The molecule has 1 amide bonds. The summed E-state index contributed by atoms with van der Waals surface area (Å²) in [6.45, 7) is 0. The highest BCUT2D eigenvalue weighted by Gasteiger charge is 2.30. The number of carbonyl (C=O) groups is 1. The predicted molar refractivity (Wildman–Crippen MR) is 58.5 cm³/mol. The maximum Gasteiger partial charge on any atom is 0.416 e. The summed E-state index contributed by atoms with van der Waals surface area (Å²) in [5.74, 6) is -0.741. The molecule has 0 aromatic heterocycles. The Bertz CT molecular complexity index is 408. The zero-order valence-corrected chi connectivity index (χ0v) is 10.1. The summed E-state index contributed by atoms with van der Waals surface area (Å²) in [7, 11) is 0. The van der Waals surface area contributed by atoms with Crippen molar-refractivity contribution < 1.29 is 18.0 Å². The van der Waals surface area contributed by atoms with Crippen molar-refractivity contribution in [1.29, 1.82) is 0 Å². The molecule has 16 heavy (non-hydrogen) atoms. The van der Waals surface area contributed by atoms with E-state index in [0.29, 0.717) is 0 Å². The monoisotopic (exact) mass is 315 g/mol. The van der Waals surface area contributed by atoms with Crippen LogP contribution in [0.5, 0.6) is 0 Å². The van der Waals surface area contributed by atoms with E-state index in [1.165, 1.54) is 0 Å². The summed E-state index contributed by atoms with van der Waals surface area (Å²) >= 11 is 8.19. The number of rotatable bonds is 2. The topological polar surface area (TPSA) is 29.1 Å². The van der Waals surface area contributed by atoms with Gasteiger partial charge in [0.1, 0.15) is 5.88 Å². The van der Waals surface area contributed by atoms with Gasteiger partial charge < -0.3 is 5.32 Å². The van der Waals surface area contributed by atoms with Gasteiger partial charge in [0.25, 0.3) is 0 Å². The van der Waals surface area contributed by atoms with Crippen LogP contribution in [0.2, 0.25) is 0 Å². The van der Waals surface area contributed by atoms with Gasteiger partial charge in [0, 0.05) is 4.47 Å². The Balaban J connectivity index is 2.96. The normalized spacial score (nSPS) is 11.3. The quantitative estimate of drug-likeness (QED) is 0.829. The lowest BCUT2D eigenvalue weighted by atomic mass is 10.2. The Morgan fingerprint density at radius 1 is 1.44 bits per heavy atom. The first-order valence-corrected chi connectivity index (χ1v) is 5.40. The summed E-state index contributed by atoms with van der Waals surface area (Å²) in [5.41, 5.74) is -0.540. The zero-order chi connectivity index (χ0) is 12.3. The van der Waals surface area contributed by atoms with Crippen LogP contribution in [0.4, 0.5) is 18.9 Å². The SMILES string of the molecule is O=C(CCl)Nc1ccc(C(F)(F)F)cc1Br. The third kappa shape index (κ3) is 3.38. The van der Waals surface area contributed by atoms with Crippen LogP contribution in [0, 0.1) is 0 Å². The molecule has 0 heterocycles. The van der Waals surface area contributed by atoms with Crippen molar-refractivity contribution in [3.63, 3.8) is 0 Å². The van der Waals surface area contributed by atoms with Gasteiger partial charge in [-0.2, -0.15) is 13.2 Å². The van der Waals surface area contributed by atoms with E-state index in [9.17, 15) is 18.0 Å². The fourth-order valence-corrected chi connectivity index (χ4v) is 1.52. The number of benzene rings is 1. The molecule has 1 aromatic rings. The molecule has 0 radical (unpaired) electrons. The Morgan fingerprint density at radius 3 is 2.50 bits per heavy atom. The summed E-state index contributed by atoms with van der Waals surface area (Å²) in [6.07, 6.45) is -4.41. The molecular weight excluding hydrogens is 310 g/mol. The molecule has 0 fully saturated rings. The van der Waals surface area contributed by atoms with Gasteiger partial charge in [-0.15, -0.1) is 11.6 Å². The van der Waals surface area contributed by atoms with E-state index in [-0.39, 0.29) is 16.0 Å². The minimum Gasteiger partial charge on any atom is -0.324 e. The Morgan fingerprint density at radius 2 is 2.06 bits per heavy atom. The van der Waals surface area contributed by atoms with Crippen molar-refractivity contribution in [2.24, 2.45) is 0 Å². The van der Waals surface area contributed by atoms with Crippen molar-refractivity contribution in [3.8, 4) is 0 Å². The van der Waals surface area contributed by atoms with Crippen molar-refractivity contribution in [2.45, 2.75) is 6.18 Å². The summed E-state index contributed by atoms with van der Waals surface area (Å²) in [6, 6.07) is 2.94. The lowest BCUT2D eigenvalue weighted by Crippen LogP contribution is -2.13. The molecule has 1 aromatic carbocycles. The fraction of sp³-hybridized carbons (Fsp3) is 0.222. The van der Waals surface area contributed by atoms with E-state index in [0.717, 1.165) is 18.2 Å². The van der Waals surface area contributed by atoms with Crippen LogP contribution in [-0.2, 0) is 11.0 Å². The fourth-order valence-electron chi connectivity index (χ4n) is 0.976. The van der Waals surface area contributed by atoms with Crippen molar-refractivity contribution in [2.75, 3.05) is 11.2 Å². The molecule has 7 heteroatoms. The van der Waals surface area contributed by atoms with Gasteiger partial charge in [0.15, 0.2) is 0 Å². The third-order valence-electron chi connectivity index (χ3n) is 1.69. The number of nitrogens with one attached hydrogen (secondary N) is 1. The number of amides is 1. The van der Waals surface area contributed by atoms with Crippen LogP contribution >= 0.6 is 27.5 Å². The zero-order valence-electron chi connectivity index (χ0n) is 7.74. The van der Waals surface area contributed by atoms with Crippen LogP contribution < -0.4 is 5.32 Å². The Hall–Kier alpha value is -0.750. The van der Waals surface area contributed by atoms with Crippen LogP contribution in [0.1, 0.15) is 5.56 Å². The third-order valence-corrected chi connectivity index (χ3v) is 2.59. The molecule has 1 N–H and O–H groups in total. The van der Waals surface area contributed by atoms with E-state index in [1.807, 2.05) is 0 Å². The molecule has 0 saturated heterocycles. The van der Waals surface area contributed by atoms with Gasteiger partial charge in [0.05, 0.1) is 11.3 Å².